The van der Waals surface area contributed by atoms with E-state index in [1.54, 1.807) is 35.9 Å². The molecule has 1 unspecified atom stereocenters. The molecule has 0 spiro atoms. The fourth-order valence-electron chi connectivity index (χ4n) is 4.39. The fraction of sp³-hybridized carbons (Fsp3) is 0.360. The van der Waals surface area contributed by atoms with Crippen LogP contribution in [-0.2, 0) is 6.54 Å². The number of rotatable bonds is 7. The fourth-order valence-corrected chi connectivity index (χ4v) is 4.39. The van der Waals surface area contributed by atoms with Crippen molar-refractivity contribution >= 4 is 5.78 Å². The Kier molecular flexibility index (Phi) is 6.49. The molecule has 0 amide bonds. The van der Waals surface area contributed by atoms with Crippen molar-refractivity contribution in [2.45, 2.75) is 38.8 Å². The maximum Gasteiger partial charge on any atom is 0.282 e. The normalized spacial score (nSPS) is 15.7. The molecular formula is C25H29N3O3. The lowest BCUT2D eigenvalue weighted by molar-refractivity contribution is 0.0832. The van der Waals surface area contributed by atoms with E-state index in [4.69, 9.17) is 0 Å². The number of aliphatic hydroxyl groups is 1. The highest BCUT2D eigenvalue weighted by molar-refractivity contribution is 6.09. The number of carbonyl (C=O) groups excluding carboxylic acids is 1. The third kappa shape index (κ3) is 4.55. The van der Waals surface area contributed by atoms with E-state index >= 15 is 0 Å². The maximum atomic E-state index is 13.4. The van der Waals surface area contributed by atoms with Crippen LogP contribution in [0.15, 0.2) is 65.5 Å². The monoisotopic (exact) mass is 419 g/mol. The number of aliphatic hydroxyl groups excluding tert-OH is 1. The van der Waals surface area contributed by atoms with Crippen molar-refractivity contribution < 1.29 is 9.90 Å². The second-order valence-electron chi connectivity index (χ2n) is 8.21. The van der Waals surface area contributed by atoms with E-state index in [1.165, 1.54) is 11.1 Å². The smallest absolute Gasteiger partial charge is 0.282 e. The molecule has 0 radical (unpaired) electrons. The Bertz CT molecular complexity index is 1080. The number of nitrogens with zero attached hydrogens (tertiary/aromatic N) is 3. The molecule has 3 aromatic rings. The SMILES string of the molecule is Cc1c(C(=O)c2ccccc2)c(=O)n(-c2ccccc2)n1CC(O)CN1CCCCC1. The Morgan fingerprint density at radius 3 is 2.19 bits per heavy atom. The van der Waals surface area contributed by atoms with Crippen LogP contribution in [-0.4, -0.2) is 50.9 Å². The lowest BCUT2D eigenvalue weighted by atomic mass is 10.0. The summed E-state index contributed by atoms with van der Waals surface area (Å²) in [6.45, 7) is 4.57. The van der Waals surface area contributed by atoms with E-state index in [9.17, 15) is 14.7 Å². The van der Waals surface area contributed by atoms with Crippen molar-refractivity contribution in [2.24, 2.45) is 0 Å². The van der Waals surface area contributed by atoms with Gasteiger partial charge in [-0.05, 0) is 45.0 Å². The quantitative estimate of drug-likeness (QED) is 0.598. The van der Waals surface area contributed by atoms with Crippen LogP contribution in [0.4, 0.5) is 0 Å². The van der Waals surface area contributed by atoms with Crippen LogP contribution in [0.25, 0.3) is 5.69 Å². The molecule has 4 rings (SSSR count). The summed E-state index contributed by atoms with van der Waals surface area (Å²) >= 11 is 0. The number of para-hydroxylation sites is 1. The van der Waals surface area contributed by atoms with Crippen molar-refractivity contribution in [3.63, 3.8) is 0 Å². The zero-order valence-electron chi connectivity index (χ0n) is 17.9. The van der Waals surface area contributed by atoms with Crippen molar-refractivity contribution in [3.05, 3.63) is 87.8 Å². The van der Waals surface area contributed by atoms with E-state index < -0.39 is 6.10 Å². The Hall–Kier alpha value is -2.96. The lowest BCUT2D eigenvalue weighted by Crippen LogP contribution is -2.39. The number of carbonyl (C=O) groups is 1. The Morgan fingerprint density at radius 2 is 1.55 bits per heavy atom. The minimum Gasteiger partial charge on any atom is -0.390 e. The molecule has 0 saturated carbocycles. The molecule has 1 aliphatic heterocycles. The van der Waals surface area contributed by atoms with Crippen LogP contribution in [0.2, 0.25) is 0 Å². The number of piperidine rings is 1. The minimum atomic E-state index is -0.641. The Morgan fingerprint density at radius 1 is 0.935 bits per heavy atom. The molecule has 0 bridgehead atoms. The Labute approximate surface area is 182 Å². The van der Waals surface area contributed by atoms with Crippen molar-refractivity contribution in [2.75, 3.05) is 19.6 Å². The first-order chi connectivity index (χ1) is 15.1. The third-order valence-electron chi connectivity index (χ3n) is 5.96. The van der Waals surface area contributed by atoms with Crippen LogP contribution in [0.5, 0.6) is 0 Å². The summed E-state index contributed by atoms with van der Waals surface area (Å²) in [5, 5.41) is 10.8. The standard InChI is InChI=1S/C25H29N3O3/c1-19-23(24(30)20-11-5-2-6-12-20)25(31)28(21-13-7-3-8-14-21)27(19)18-22(29)17-26-15-9-4-10-16-26/h2-3,5-8,11-14,22,29H,4,9-10,15-18H2,1H3. The predicted octanol–water partition coefficient (Wildman–Crippen LogP) is 3.03. The second kappa shape index (κ2) is 9.45. The molecular weight excluding hydrogens is 390 g/mol. The van der Waals surface area contributed by atoms with E-state index in [0.717, 1.165) is 25.9 Å². The van der Waals surface area contributed by atoms with Crippen molar-refractivity contribution in [1.82, 2.24) is 14.3 Å². The summed E-state index contributed by atoms with van der Waals surface area (Å²) in [5.74, 6) is -0.294. The first-order valence-electron chi connectivity index (χ1n) is 10.9. The van der Waals surface area contributed by atoms with Gasteiger partial charge in [-0.15, -0.1) is 0 Å². The van der Waals surface area contributed by atoms with Crippen LogP contribution in [0.1, 0.15) is 40.9 Å². The third-order valence-corrected chi connectivity index (χ3v) is 5.96. The number of benzene rings is 2. The molecule has 1 aromatic heterocycles. The maximum absolute atomic E-state index is 13.4. The van der Waals surface area contributed by atoms with Crippen molar-refractivity contribution in [3.8, 4) is 5.69 Å². The van der Waals surface area contributed by atoms with Gasteiger partial charge in [0, 0.05) is 17.8 Å². The zero-order chi connectivity index (χ0) is 21.8. The first kappa shape index (κ1) is 21.3. The second-order valence-corrected chi connectivity index (χ2v) is 8.21. The zero-order valence-corrected chi connectivity index (χ0v) is 17.9. The van der Waals surface area contributed by atoms with Gasteiger partial charge in [0.25, 0.3) is 5.56 Å². The van der Waals surface area contributed by atoms with Gasteiger partial charge in [0.15, 0.2) is 5.78 Å². The van der Waals surface area contributed by atoms with Gasteiger partial charge in [0.2, 0.25) is 0 Å². The largest absolute Gasteiger partial charge is 0.390 e. The van der Waals surface area contributed by atoms with Gasteiger partial charge < -0.3 is 10.0 Å². The number of hydrogen-bond acceptors (Lipinski definition) is 4. The van der Waals surface area contributed by atoms with Gasteiger partial charge in [-0.3, -0.25) is 14.3 Å². The number of likely N-dealkylation sites (tertiary alicyclic amines) is 1. The highest BCUT2D eigenvalue weighted by atomic mass is 16.3. The Balaban J connectivity index is 1.72. The molecule has 1 atom stereocenters. The summed E-state index contributed by atoms with van der Waals surface area (Å²) in [6, 6.07) is 18.1. The predicted molar refractivity (Wildman–Crippen MR) is 121 cm³/mol. The van der Waals surface area contributed by atoms with Gasteiger partial charge in [-0.2, -0.15) is 0 Å². The summed E-state index contributed by atoms with van der Waals surface area (Å²) in [4.78, 5) is 28.9. The molecule has 2 heterocycles. The van der Waals surface area contributed by atoms with Gasteiger partial charge in [0.1, 0.15) is 5.56 Å². The molecule has 6 nitrogen and oxygen atoms in total. The van der Waals surface area contributed by atoms with E-state index in [1.807, 2.05) is 36.4 Å². The first-order valence-corrected chi connectivity index (χ1v) is 10.9. The molecule has 1 aliphatic rings. The van der Waals surface area contributed by atoms with Crippen LogP contribution in [0.3, 0.4) is 0 Å². The topological polar surface area (TPSA) is 67.5 Å². The number of β-amino-alcohol motifs (C(OH)–C–C–N with tert-alkyl or cyclic N) is 1. The van der Waals surface area contributed by atoms with Crippen LogP contribution < -0.4 is 5.56 Å². The van der Waals surface area contributed by atoms with E-state index in [0.29, 0.717) is 23.5 Å². The summed E-state index contributed by atoms with van der Waals surface area (Å²) in [7, 11) is 0. The van der Waals surface area contributed by atoms with Crippen LogP contribution in [0, 0.1) is 6.92 Å². The highest BCUT2D eigenvalue weighted by Gasteiger charge is 2.26. The summed E-state index contributed by atoms with van der Waals surface area (Å²) in [6.07, 6.45) is 2.90. The van der Waals surface area contributed by atoms with Gasteiger partial charge in [-0.1, -0.05) is 55.0 Å². The molecule has 0 aliphatic carbocycles. The molecule has 162 valence electrons. The average molecular weight is 420 g/mol. The molecule has 1 saturated heterocycles. The van der Waals surface area contributed by atoms with E-state index in [-0.39, 0.29) is 23.5 Å². The van der Waals surface area contributed by atoms with Gasteiger partial charge in [0.05, 0.1) is 18.3 Å². The summed E-state index contributed by atoms with van der Waals surface area (Å²) in [5.41, 5.74) is 1.52. The number of aromatic nitrogens is 2. The molecule has 1 N–H and O–H groups in total. The average Bonchev–Trinajstić information content (AvgIpc) is 3.04. The lowest BCUT2D eigenvalue weighted by Gasteiger charge is -2.29. The van der Waals surface area contributed by atoms with Gasteiger partial charge in [-0.25, -0.2) is 4.68 Å². The molecule has 6 heteroatoms. The van der Waals surface area contributed by atoms with Crippen LogP contribution >= 0.6 is 0 Å². The van der Waals surface area contributed by atoms with Crippen molar-refractivity contribution in [1.29, 1.82) is 0 Å². The minimum absolute atomic E-state index is 0.153. The number of hydrogen-bond donors (Lipinski definition) is 1. The molecule has 31 heavy (non-hydrogen) atoms. The number of ketones is 1. The molecule has 1 fully saturated rings. The highest BCUT2D eigenvalue weighted by Crippen LogP contribution is 2.17. The van der Waals surface area contributed by atoms with E-state index in [2.05, 4.69) is 4.90 Å². The van der Waals surface area contributed by atoms with Gasteiger partial charge >= 0.3 is 0 Å². The molecule has 2 aromatic carbocycles. The summed E-state index contributed by atoms with van der Waals surface area (Å²) < 4.78 is 3.27.